The zero-order chi connectivity index (χ0) is 14.0. The van der Waals surface area contributed by atoms with E-state index in [2.05, 4.69) is 9.97 Å². The van der Waals surface area contributed by atoms with Gasteiger partial charge in [0.05, 0.1) is 4.92 Å². The van der Waals surface area contributed by atoms with Crippen molar-refractivity contribution in [3.05, 3.63) is 51.4 Å². The minimum absolute atomic E-state index is 0.0505. The number of nitrogens with zero attached hydrogens (tertiary/aromatic N) is 4. The smallest absolute Gasteiger partial charge is 0.269 e. The quantitative estimate of drug-likeness (QED) is 0.490. The van der Waals surface area contributed by atoms with Gasteiger partial charge in [-0.1, -0.05) is 0 Å². The maximum atomic E-state index is 10.6. The molecule has 0 radical (unpaired) electrons. The van der Waals surface area contributed by atoms with Crippen molar-refractivity contribution in [3.63, 3.8) is 0 Å². The Morgan fingerprint density at radius 2 is 1.95 bits per heavy atom. The van der Waals surface area contributed by atoms with Crippen LogP contribution in [0, 0.1) is 17.0 Å². The normalized spacial score (nSPS) is 10.3. The molecule has 0 bridgehead atoms. The van der Waals surface area contributed by atoms with Crippen LogP contribution in [0.2, 0.25) is 5.28 Å². The molecule has 0 unspecified atom stereocenters. The monoisotopic (exact) mass is 278 g/mol. The van der Waals surface area contributed by atoms with E-state index >= 15 is 0 Å². The van der Waals surface area contributed by atoms with E-state index in [9.17, 15) is 10.1 Å². The van der Waals surface area contributed by atoms with E-state index in [1.807, 2.05) is 14.0 Å². The minimum atomic E-state index is -0.434. The van der Waals surface area contributed by atoms with Gasteiger partial charge in [-0.25, -0.2) is 4.98 Å². The van der Waals surface area contributed by atoms with Crippen LogP contribution in [0.3, 0.4) is 0 Å². The topological polar surface area (TPSA) is 72.2 Å². The zero-order valence-electron chi connectivity index (χ0n) is 10.4. The lowest BCUT2D eigenvalue weighted by molar-refractivity contribution is -0.384. The fraction of sp³-hybridized carbons (Fsp3) is 0.167. The third-order valence-corrected chi connectivity index (χ3v) is 2.86. The van der Waals surface area contributed by atoms with Crippen LogP contribution in [0.4, 0.5) is 17.2 Å². The molecule has 2 aromatic rings. The standard InChI is InChI=1S/C12H11ClN4O2/c1-8-7-14-12(13)15-11(8)16(2)9-3-5-10(6-4-9)17(18)19/h3-7H,1-2H3. The molecule has 7 heteroatoms. The number of nitro benzene ring substituents is 1. The molecule has 0 aliphatic carbocycles. The number of non-ortho nitro benzene ring substituents is 1. The predicted octanol–water partition coefficient (Wildman–Crippen LogP) is 3.11. The van der Waals surface area contributed by atoms with Gasteiger partial charge in [-0.2, -0.15) is 4.98 Å². The molecule has 0 saturated carbocycles. The van der Waals surface area contributed by atoms with E-state index < -0.39 is 4.92 Å². The molecular weight excluding hydrogens is 268 g/mol. The van der Waals surface area contributed by atoms with Gasteiger partial charge >= 0.3 is 0 Å². The molecule has 0 saturated heterocycles. The number of benzene rings is 1. The lowest BCUT2D eigenvalue weighted by atomic mass is 10.2. The fourth-order valence-electron chi connectivity index (χ4n) is 1.67. The number of anilines is 2. The molecule has 0 aliphatic heterocycles. The zero-order valence-corrected chi connectivity index (χ0v) is 11.1. The summed E-state index contributed by atoms with van der Waals surface area (Å²) in [6.07, 6.45) is 1.63. The van der Waals surface area contributed by atoms with Crippen molar-refractivity contribution in [1.29, 1.82) is 0 Å². The van der Waals surface area contributed by atoms with Crippen molar-refractivity contribution >= 4 is 28.8 Å². The molecule has 1 aromatic heterocycles. The van der Waals surface area contributed by atoms with E-state index in [-0.39, 0.29) is 11.0 Å². The van der Waals surface area contributed by atoms with Crippen LogP contribution >= 0.6 is 11.6 Å². The van der Waals surface area contributed by atoms with E-state index in [0.29, 0.717) is 5.82 Å². The molecule has 19 heavy (non-hydrogen) atoms. The maximum absolute atomic E-state index is 10.6. The van der Waals surface area contributed by atoms with E-state index in [0.717, 1.165) is 11.3 Å². The van der Waals surface area contributed by atoms with Crippen LogP contribution in [0.5, 0.6) is 0 Å². The van der Waals surface area contributed by atoms with Gasteiger partial charge in [0.2, 0.25) is 5.28 Å². The molecule has 0 N–H and O–H groups in total. The van der Waals surface area contributed by atoms with Gasteiger partial charge in [-0.15, -0.1) is 0 Å². The summed E-state index contributed by atoms with van der Waals surface area (Å²) in [5.74, 6) is 0.661. The molecular formula is C12H11ClN4O2. The van der Waals surface area contributed by atoms with Crippen molar-refractivity contribution in [2.45, 2.75) is 6.92 Å². The number of aromatic nitrogens is 2. The summed E-state index contributed by atoms with van der Waals surface area (Å²) in [6, 6.07) is 6.22. The molecule has 0 fully saturated rings. The fourth-order valence-corrected chi connectivity index (χ4v) is 1.80. The van der Waals surface area contributed by atoms with Gasteiger partial charge in [0, 0.05) is 36.6 Å². The van der Waals surface area contributed by atoms with E-state index in [4.69, 9.17) is 11.6 Å². The summed E-state index contributed by atoms with van der Waals surface area (Å²) in [5, 5.41) is 10.8. The molecule has 0 atom stereocenters. The maximum Gasteiger partial charge on any atom is 0.269 e. The molecule has 98 valence electrons. The Balaban J connectivity index is 2.35. The highest BCUT2D eigenvalue weighted by molar-refractivity contribution is 6.28. The van der Waals surface area contributed by atoms with Crippen molar-refractivity contribution < 1.29 is 4.92 Å². The van der Waals surface area contributed by atoms with Gasteiger partial charge in [-0.3, -0.25) is 10.1 Å². The molecule has 2 rings (SSSR count). The van der Waals surface area contributed by atoms with Crippen LogP contribution in [0.25, 0.3) is 0 Å². The Hall–Kier alpha value is -2.21. The number of hydrogen-bond donors (Lipinski definition) is 0. The van der Waals surface area contributed by atoms with Crippen molar-refractivity contribution in [3.8, 4) is 0 Å². The Morgan fingerprint density at radius 1 is 1.32 bits per heavy atom. The third kappa shape index (κ3) is 2.79. The van der Waals surface area contributed by atoms with Crippen LogP contribution in [-0.2, 0) is 0 Å². The van der Waals surface area contributed by atoms with Crippen LogP contribution < -0.4 is 4.90 Å². The van der Waals surface area contributed by atoms with E-state index in [1.165, 1.54) is 12.1 Å². The lowest BCUT2D eigenvalue weighted by Crippen LogP contribution is -2.13. The Labute approximate surface area is 114 Å². The number of aryl methyl sites for hydroxylation is 1. The summed E-state index contributed by atoms with van der Waals surface area (Å²) in [5.41, 5.74) is 1.70. The second kappa shape index (κ2) is 5.19. The SMILES string of the molecule is Cc1cnc(Cl)nc1N(C)c1ccc([N+](=O)[O-])cc1. The Kier molecular flexibility index (Phi) is 3.62. The average molecular weight is 279 g/mol. The highest BCUT2D eigenvalue weighted by atomic mass is 35.5. The van der Waals surface area contributed by atoms with E-state index in [1.54, 1.807) is 23.2 Å². The van der Waals surface area contributed by atoms with Gasteiger partial charge in [0.15, 0.2) is 0 Å². The number of hydrogen-bond acceptors (Lipinski definition) is 5. The Bertz CT molecular complexity index is 616. The predicted molar refractivity (Wildman–Crippen MR) is 72.9 cm³/mol. The highest BCUT2D eigenvalue weighted by Gasteiger charge is 2.11. The number of nitro groups is 1. The van der Waals surface area contributed by atoms with Crippen LogP contribution in [-0.4, -0.2) is 21.9 Å². The Morgan fingerprint density at radius 3 is 2.53 bits per heavy atom. The summed E-state index contributed by atoms with van der Waals surface area (Å²) in [7, 11) is 1.81. The molecule has 1 heterocycles. The highest BCUT2D eigenvalue weighted by Crippen LogP contribution is 2.26. The number of halogens is 1. The first kappa shape index (κ1) is 13.2. The van der Waals surface area contributed by atoms with Gasteiger partial charge in [0.1, 0.15) is 5.82 Å². The van der Waals surface area contributed by atoms with Crippen LogP contribution in [0.15, 0.2) is 30.5 Å². The first-order valence-electron chi connectivity index (χ1n) is 5.46. The lowest BCUT2D eigenvalue weighted by Gasteiger charge is -2.19. The third-order valence-electron chi connectivity index (χ3n) is 2.68. The van der Waals surface area contributed by atoms with Crippen molar-refractivity contribution in [2.75, 3.05) is 11.9 Å². The number of rotatable bonds is 3. The van der Waals surface area contributed by atoms with Gasteiger partial charge in [-0.05, 0) is 30.7 Å². The largest absolute Gasteiger partial charge is 0.329 e. The summed E-state index contributed by atoms with van der Waals surface area (Å²) < 4.78 is 0. The second-order valence-corrected chi connectivity index (χ2v) is 4.32. The summed E-state index contributed by atoms with van der Waals surface area (Å²) in [6.45, 7) is 1.87. The van der Waals surface area contributed by atoms with Gasteiger partial charge in [0.25, 0.3) is 5.69 Å². The second-order valence-electron chi connectivity index (χ2n) is 3.98. The van der Waals surface area contributed by atoms with Crippen LogP contribution in [0.1, 0.15) is 5.56 Å². The van der Waals surface area contributed by atoms with Gasteiger partial charge < -0.3 is 4.90 Å². The molecule has 0 spiro atoms. The molecule has 6 nitrogen and oxygen atoms in total. The summed E-state index contributed by atoms with van der Waals surface area (Å²) in [4.78, 5) is 20.0. The summed E-state index contributed by atoms with van der Waals surface area (Å²) >= 11 is 5.78. The minimum Gasteiger partial charge on any atom is -0.329 e. The first-order valence-corrected chi connectivity index (χ1v) is 5.84. The average Bonchev–Trinajstić information content (AvgIpc) is 2.41. The molecule has 0 aliphatic rings. The first-order chi connectivity index (χ1) is 8.99. The van der Waals surface area contributed by atoms with Crippen molar-refractivity contribution in [1.82, 2.24) is 9.97 Å². The molecule has 1 aromatic carbocycles. The molecule has 0 amide bonds. The van der Waals surface area contributed by atoms with Crippen molar-refractivity contribution in [2.24, 2.45) is 0 Å².